The predicted molar refractivity (Wildman–Crippen MR) is 119 cm³/mol. The predicted octanol–water partition coefficient (Wildman–Crippen LogP) is 5.77. The zero-order valence-corrected chi connectivity index (χ0v) is 17.4. The fraction of sp³-hybridized carbons (Fsp3) is 0.192. The molecule has 0 bridgehead atoms. The van der Waals surface area contributed by atoms with Crippen LogP contribution >= 0.6 is 0 Å². The molecule has 1 unspecified atom stereocenters. The van der Waals surface area contributed by atoms with Gasteiger partial charge in [-0.25, -0.2) is 4.21 Å². The van der Waals surface area contributed by atoms with Crippen molar-refractivity contribution in [2.45, 2.75) is 36.7 Å². The Labute approximate surface area is 178 Å². The molecule has 0 radical (unpaired) electrons. The van der Waals surface area contributed by atoms with Crippen LogP contribution in [0.4, 0.5) is 0 Å². The quantitative estimate of drug-likeness (QED) is 0.498. The number of rotatable bonds is 5. The summed E-state index contributed by atoms with van der Waals surface area (Å²) in [5.74, 6) is 0.585. The maximum Gasteiger partial charge on any atom is 0.202 e. The third-order valence-corrected chi connectivity index (χ3v) is 7.26. The first-order valence-corrected chi connectivity index (χ1v) is 11.5. The third kappa shape index (κ3) is 3.41. The summed E-state index contributed by atoms with van der Waals surface area (Å²) in [5, 5.41) is 0. The molecule has 3 aromatic carbocycles. The lowest BCUT2D eigenvalue weighted by atomic mass is 9.95. The molecule has 30 heavy (non-hydrogen) atoms. The standard InChI is InChI=1S/C26H22O3S/c27-25(19-11-5-2-6-12-19)26-24(18-9-3-1-4-10-18)22-17-21(15-16-23(22)30(26)28)29-20-13-7-8-14-20/h1-6,9-12,15-17,20H,7-8,13-14H2. The van der Waals surface area contributed by atoms with E-state index in [0.717, 1.165) is 35.3 Å². The highest BCUT2D eigenvalue weighted by atomic mass is 32.2. The molecule has 1 aliphatic carbocycles. The molecule has 1 aliphatic heterocycles. The Hall–Kier alpha value is -2.98. The summed E-state index contributed by atoms with van der Waals surface area (Å²) in [5.41, 5.74) is 3.01. The van der Waals surface area contributed by atoms with Crippen LogP contribution in [0, 0.1) is 0 Å². The largest absolute Gasteiger partial charge is 0.490 e. The van der Waals surface area contributed by atoms with Gasteiger partial charge in [-0.2, -0.15) is 0 Å². The van der Waals surface area contributed by atoms with E-state index in [1.54, 1.807) is 12.1 Å². The van der Waals surface area contributed by atoms with Gasteiger partial charge in [0.2, 0.25) is 5.78 Å². The highest BCUT2D eigenvalue weighted by molar-refractivity contribution is 7.90. The lowest BCUT2D eigenvalue weighted by Crippen LogP contribution is -2.10. The summed E-state index contributed by atoms with van der Waals surface area (Å²) < 4.78 is 19.6. The van der Waals surface area contributed by atoms with Crippen LogP contribution in [0.5, 0.6) is 5.75 Å². The minimum Gasteiger partial charge on any atom is -0.490 e. The first-order valence-electron chi connectivity index (χ1n) is 10.3. The van der Waals surface area contributed by atoms with Crippen LogP contribution in [-0.2, 0) is 10.8 Å². The normalized spacial score (nSPS) is 18.5. The monoisotopic (exact) mass is 414 g/mol. The highest BCUT2D eigenvalue weighted by Gasteiger charge is 2.34. The van der Waals surface area contributed by atoms with E-state index in [9.17, 15) is 9.00 Å². The van der Waals surface area contributed by atoms with E-state index < -0.39 is 10.8 Å². The molecule has 1 fully saturated rings. The molecule has 150 valence electrons. The molecular formula is C26H22O3S. The number of fused-ring (bicyclic) bond motifs is 1. The van der Waals surface area contributed by atoms with Gasteiger partial charge in [0.05, 0.1) is 21.8 Å². The molecule has 0 amide bonds. The van der Waals surface area contributed by atoms with Crippen molar-refractivity contribution in [1.29, 1.82) is 0 Å². The van der Waals surface area contributed by atoms with Gasteiger partial charge in [-0.1, -0.05) is 60.7 Å². The van der Waals surface area contributed by atoms with E-state index in [4.69, 9.17) is 4.74 Å². The van der Waals surface area contributed by atoms with Gasteiger partial charge in [0.15, 0.2) is 0 Å². The smallest absolute Gasteiger partial charge is 0.202 e. The summed E-state index contributed by atoms with van der Waals surface area (Å²) in [6, 6.07) is 24.5. The fourth-order valence-corrected chi connectivity index (χ4v) is 5.74. The number of ketones is 1. The van der Waals surface area contributed by atoms with E-state index in [1.807, 2.05) is 66.7 Å². The van der Waals surface area contributed by atoms with Gasteiger partial charge in [-0.05, 0) is 49.4 Å². The number of hydrogen-bond donors (Lipinski definition) is 0. The number of ether oxygens (including phenoxy) is 1. The molecule has 0 N–H and O–H groups in total. The molecule has 3 aromatic rings. The lowest BCUT2D eigenvalue weighted by molar-refractivity contribution is 0.104. The average Bonchev–Trinajstić information content (AvgIpc) is 3.40. The molecule has 3 nitrogen and oxygen atoms in total. The van der Waals surface area contributed by atoms with Gasteiger partial charge < -0.3 is 4.74 Å². The maximum absolute atomic E-state index is 13.4. The first kappa shape index (κ1) is 19.0. The molecule has 4 heteroatoms. The SMILES string of the molecule is O=C(C1=C(c2ccccc2)c2cc(OC3CCCC3)ccc2S1=O)c1ccccc1. The molecule has 1 heterocycles. The maximum atomic E-state index is 13.4. The van der Waals surface area contributed by atoms with E-state index in [0.29, 0.717) is 15.4 Å². The zero-order valence-electron chi connectivity index (χ0n) is 16.5. The number of carbonyl (C=O) groups is 1. The van der Waals surface area contributed by atoms with E-state index in [-0.39, 0.29) is 11.9 Å². The summed E-state index contributed by atoms with van der Waals surface area (Å²) in [6.07, 6.45) is 4.78. The molecular weight excluding hydrogens is 392 g/mol. The molecule has 0 aromatic heterocycles. The van der Waals surface area contributed by atoms with Gasteiger partial charge in [0, 0.05) is 16.7 Å². The second-order valence-electron chi connectivity index (χ2n) is 7.72. The van der Waals surface area contributed by atoms with E-state index in [2.05, 4.69) is 0 Å². The van der Waals surface area contributed by atoms with Crippen LogP contribution in [0.25, 0.3) is 5.57 Å². The van der Waals surface area contributed by atoms with Gasteiger partial charge in [-0.15, -0.1) is 0 Å². The molecule has 0 spiro atoms. The van der Waals surface area contributed by atoms with Crippen LogP contribution < -0.4 is 4.74 Å². The molecule has 1 saturated carbocycles. The summed E-state index contributed by atoms with van der Waals surface area (Å²) in [7, 11) is -1.53. The topological polar surface area (TPSA) is 43.4 Å². The number of carbonyl (C=O) groups excluding carboxylic acids is 1. The molecule has 0 saturated heterocycles. The van der Waals surface area contributed by atoms with Crippen molar-refractivity contribution in [2.75, 3.05) is 0 Å². The van der Waals surface area contributed by atoms with Crippen molar-refractivity contribution >= 4 is 22.2 Å². The Kier molecular flexibility index (Phi) is 5.09. The third-order valence-electron chi connectivity index (χ3n) is 5.74. The summed E-state index contributed by atoms with van der Waals surface area (Å²) in [4.78, 5) is 14.4. The Morgan fingerprint density at radius 2 is 1.53 bits per heavy atom. The summed E-state index contributed by atoms with van der Waals surface area (Å²) in [6.45, 7) is 0. The van der Waals surface area contributed by atoms with Crippen LogP contribution in [0.15, 0.2) is 88.7 Å². The Balaban J connectivity index is 1.64. The van der Waals surface area contributed by atoms with E-state index >= 15 is 0 Å². The highest BCUT2D eigenvalue weighted by Crippen LogP contribution is 2.43. The second-order valence-corrected chi connectivity index (χ2v) is 9.10. The van der Waals surface area contributed by atoms with Crippen LogP contribution in [0.3, 0.4) is 0 Å². The molecule has 1 atom stereocenters. The van der Waals surface area contributed by atoms with Gasteiger partial charge in [0.1, 0.15) is 10.7 Å². The van der Waals surface area contributed by atoms with Crippen molar-refractivity contribution in [3.63, 3.8) is 0 Å². The number of allylic oxidation sites excluding steroid dienone is 1. The van der Waals surface area contributed by atoms with E-state index in [1.165, 1.54) is 12.8 Å². The zero-order chi connectivity index (χ0) is 20.5. The van der Waals surface area contributed by atoms with Gasteiger partial charge in [-0.3, -0.25) is 4.79 Å². The van der Waals surface area contributed by atoms with Crippen molar-refractivity contribution in [3.05, 3.63) is 100 Å². The Morgan fingerprint density at radius 3 is 2.23 bits per heavy atom. The molecule has 5 rings (SSSR count). The Bertz CT molecular complexity index is 1140. The Morgan fingerprint density at radius 1 is 0.867 bits per heavy atom. The van der Waals surface area contributed by atoms with Crippen LogP contribution in [0.2, 0.25) is 0 Å². The van der Waals surface area contributed by atoms with Crippen molar-refractivity contribution < 1.29 is 13.7 Å². The first-order chi connectivity index (χ1) is 14.7. The van der Waals surface area contributed by atoms with Crippen molar-refractivity contribution in [3.8, 4) is 5.75 Å². The average molecular weight is 415 g/mol. The van der Waals surface area contributed by atoms with Crippen molar-refractivity contribution in [1.82, 2.24) is 0 Å². The number of hydrogen-bond acceptors (Lipinski definition) is 3. The number of benzene rings is 3. The van der Waals surface area contributed by atoms with Crippen LogP contribution in [-0.4, -0.2) is 16.1 Å². The molecule has 2 aliphatic rings. The lowest BCUT2D eigenvalue weighted by Gasteiger charge is -2.14. The minimum absolute atomic E-state index is 0.192. The second kappa shape index (κ2) is 8.04. The van der Waals surface area contributed by atoms with Crippen molar-refractivity contribution in [2.24, 2.45) is 0 Å². The minimum atomic E-state index is -1.53. The summed E-state index contributed by atoms with van der Waals surface area (Å²) >= 11 is 0. The van der Waals surface area contributed by atoms with Gasteiger partial charge >= 0.3 is 0 Å². The van der Waals surface area contributed by atoms with Gasteiger partial charge in [0.25, 0.3) is 0 Å². The number of Topliss-reactive ketones (excluding diaryl/α,β-unsaturated/α-hetero) is 1. The fourth-order valence-electron chi connectivity index (χ4n) is 4.27. The van der Waals surface area contributed by atoms with Crippen LogP contribution in [0.1, 0.15) is 47.2 Å².